The number of benzene rings is 2. The number of ether oxygens (including phenoxy) is 1. The normalized spacial score (nSPS) is 11.0. The molecule has 0 saturated heterocycles. The van der Waals surface area contributed by atoms with E-state index in [1.165, 1.54) is 11.3 Å². The van der Waals surface area contributed by atoms with Gasteiger partial charge in [0.25, 0.3) is 0 Å². The summed E-state index contributed by atoms with van der Waals surface area (Å²) in [5, 5.41) is 7.73. The number of halogens is 1. The molecule has 1 N–H and O–H groups in total. The van der Waals surface area contributed by atoms with Crippen molar-refractivity contribution in [3.8, 4) is 17.0 Å². The van der Waals surface area contributed by atoms with Crippen LogP contribution in [0.2, 0.25) is 5.02 Å². The fraction of sp³-hybridized carbons (Fsp3) is 0.200. The molecule has 0 aliphatic carbocycles. The number of hydrogen-bond acceptors (Lipinski definition) is 5. The number of aromatic nitrogens is 1. The van der Waals surface area contributed by atoms with E-state index in [0.717, 1.165) is 40.5 Å². The van der Waals surface area contributed by atoms with Gasteiger partial charge in [-0.15, -0.1) is 11.3 Å². The third-order valence-electron chi connectivity index (χ3n) is 3.68. The molecule has 0 saturated carbocycles. The number of anilines is 1. The van der Waals surface area contributed by atoms with Gasteiger partial charge in [-0.05, 0) is 30.7 Å². The van der Waals surface area contributed by atoms with Crippen LogP contribution < -0.4 is 10.2 Å². The second kappa shape index (κ2) is 9.36. The highest BCUT2D eigenvalue weighted by Crippen LogP contribution is 2.26. The molecule has 0 amide bonds. The van der Waals surface area contributed by atoms with Crippen LogP contribution in [-0.4, -0.2) is 17.8 Å². The Morgan fingerprint density at radius 1 is 1.19 bits per heavy atom. The van der Waals surface area contributed by atoms with Crippen molar-refractivity contribution in [2.24, 2.45) is 5.10 Å². The molecule has 0 radical (unpaired) electrons. The van der Waals surface area contributed by atoms with E-state index >= 15 is 0 Å². The van der Waals surface area contributed by atoms with E-state index in [4.69, 9.17) is 16.3 Å². The Morgan fingerprint density at radius 2 is 2.00 bits per heavy atom. The number of para-hydroxylation sites is 1. The van der Waals surface area contributed by atoms with Gasteiger partial charge in [-0.1, -0.05) is 49.2 Å². The third-order valence-corrected chi connectivity index (χ3v) is 4.68. The van der Waals surface area contributed by atoms with E-state index in [-0.39, 0.29) is 0 Å². The predicted molar refractivity (Wildman–Crippen MR) is 111 cm³/mol. The van der Waals surface area contributed by atoms with Crippen LogP contribution in [-0.2, 0) is 0 Å². The van der Waals surface area contributed by atoms with Gasteiger partial charge >= 0.3 is 0 Å². The summed E-state index contributed by atoms with van der Waals surface area (Å²) in [7, 11) is 0. The van der Waals surface area contributed by atoms with E-state index in [1.54, 1.807) is 6.21 Å². The Labute approximate surface area is 162 Å². The molecule has 3 rings (SSSR count). The number of unbranched alkanes of at least 4 members (excludes halogenated alkanes) is 1. The molecule has 2 aromatic carbocycles. The first kappa shape index (κ1) is 18.4. The molecule has 26 heavy (non-hydrogen) atoms. The van der Waals surface area contributed by atoms with Crippen LogP contribution in [0.3, 0.4) is 0 Å². The Bertz CT molecular complexity index is 862. The molecule has 0 aliphatic rings. The van der Waals surface area contributed by atoms with Crippen LogP contribution in [0.1, 0.15) is 25.3 Å². The van der Waals surface area contributed by atoms with Crippen molar-refractivity contribution >= 4 is 34.3 Å². The first-order valence-electron chi connectivity index (χ1n) is 8.48. The Morgan fingerprint density at radius 3 is 2.81 bits per heavy atom. The molecule has 0 atom stereocenters. The van der Waals surface area contributed by atoms with E-state index in [2.05, 4.69) is 22.4 Å². The summed E-state index contributed by atoms with van der Waals surface area (Å²) in [6, 6.07) is 15.5. The number of rotatable bonds is 8. The summed E-state index contributed by atoms with van der Waals surface area (Å²) in [5.41, 5.74) is 5.84. The van der Waals surface area contributed by atoms with Gasteiger partial charge in [0.05, 0.1) is 18.5 Å². The van der Waals surface area contributed by atoms with Gasteiger partial charge in [0.1, 0.15) is 5.75 Å². The molecule has 0 unspecified atom stereocenters. The largest absolute Gasteiger partial charge is 0.493 e. The second-order valence-corrected chi connectivity index (χ2v) is 6.95. The van der Waals surface area contributed by atoms with Crippen LogP contribution in [0.4, 0.5) is 5.13 Å². The molecular weight excluding hydrogens is 366 g/mol. The van der Waals surface area contributed by atoms with Gasteiger partial charge in [-0.3, -0.25) is 5.43 Å². The predicted octanol–water partition coefficient (Wildman–Crippen LogP) is 6.09. The summed E-state index contributed by atoms with van der Waals surface area (Å²) in [4.78, 5) is 4.54. The van der Waals surface area contributed by atoms with Crippen molar-refractivity contribution in [1.29, 1.82) is 0 Å². The van der Waals surface area contributed by atoms with E-state index in [1.807, 2.05) is 53.9 Å². The number of nitrogens with zero attached hydrogens (tertiary/aromatic N) is 2. The first-order valence-corrected chi connectivity index (χ1v) is 9.74. The second-order valence-electron chi connectivity index (χ2n) is 5.65. The number of hydrazone groups is 1. The molecule has 0 fully saturated rings. The highest BCUT2D eigenvalue weighted by Gasteiger charge is 2.04. The Kier molecular flexibility index (Phi) is 6.63. The van der Waals surface area contributed by atoms with Gasteiger partial charge in [0.2, 0.25) is 5.13 Å². The van der Waals surface area contributed by atoms with Crippen LogP contribution in [0, 0.1) is 0 Å². The van der Waals surface area contributed by atoms with Crippen LogP contribution >= 0.6 is 22.9 Å². The highest BCUT2D eigenvalue weighted by atomic mass is 35.5. The zero-order chi connectivity index (χ0) is 18.2. The molecule has 1 aromatic heterocycles. The summed E-state index contributed by atoms with van der Waals surface area (Å²) >= 11 is 7.43. The van der Waals surface area contributed by atoms with Gasteiger partial charge in [0, 0.05) is 21.5 Å². The summed E-state index contributed by atoms with van der Waals surface area (Å²) in [6.07, 6.45) is 3.90. The van der Waals surface area contributed by atoms with E-state index < -0.39 is 0 Å². The molecule has 3 aromatic rings. The SMILES string of the molecule is CCCCOc1ccccc1C=NNc1nc(-c2ccc(Cl)cc2)cs1. The molecule has 6 heteroatoms. The summed E-state index contributed by atoms with van der Waals surface area (Å²) in [5.74, 6) is 0.840. The fourth-order valence-corrected chi connectivity index (χ4v) is 3.07. The van der Waals surface area contributed by atoms with Gasteiger partial charge < -0.3 is 4.74 Å². The van der Waals surface area contributed by atoms with Crippen LogP contribution in [0.25, 0.3) is 11.3 Å². The number of thiazole rings is 1. The van der Waals surface area contributed by atoms with Crippen LogP contribution in [0.5, 0.6) is 5.75 Å². The molecule has 0 bridgehead atoms. The van der Waals surface area contributed by atoms with Crippen molar-refractivity contribution in [3.05, 3.63) is 64.5 Å². The van der Waals surface area contributed by atoms with Crippen LogP contribution in [0.15, 0.2) is 59.0 Å². The number of nitrogens with one attached hydrogen (secondary N) is 1. The summed E-state index contributed by atoms with van der Waals surface area (Å²) in [6.45, 7) is 2.86. The molecule has 0 aliphatic heterocycles. The monoisotopic (exact) mass is 385 g/mol. The van der Waals surface area contributed by atoms with Crippen molar-refractivity contribution in [3.63, 3.8) is 0 Å². The van der Waals surface area contributed by atoms with Gasteiger partial charge in [-0.2, -0.15) is 5.10 Å². The zero-order valence-corrected chi connectivity index (χ0v) is 16.1. The highest BCUT2D eigenvalue weighted by molar-refractivity contribution is 7.14. The quantitative estimate of drug-likeness (QED) is 0.290. The molecular formula is C20H20ClN3OS. The molecule has 134 valence electrons. The van der Waals surface area contributed by atoms with Crippen molar-refractivity contribution < 1.29 is 4.74 Å². The van der Waals surface area contributed by atoms with Gasteiger partial charge in [-0.25, -0.2) is 4.98 Å². The van der Waals surface area contributed by atoms with Gasteiger partial charge in [0.15, 0.2) is 0 Å². The maximum Gasteiger partial charge on any atom is 0.203 e. The average molecular weight is 386 g/mol. The van der Waals surface area contributed by atoms with E-state index in [9.17, 15) is 0 Å². The summed E-state index contributed by atoms with van der Waals surface area (Å²) < 4.78 is 5.81. The molecule has 1 heterocycles. The topological polar surface area (TPSA) is 46.5 Å². The lowest BCUT2D eigenvalue weighted by molar-refractivity contribution is 0.309. The maximum atomic E-state index is 5.92. The van der Waals surface area contributed by atoms with Crippen molar-refractivity contribution in [2.75, 3.05) is 12.0 Å². The zero-order valence-electron chi connectivity index (χ0n) is 14.5. The lowest BCUT2D eigenvalue weighted by Crippen LogP contribution is -2.00. The standard InChI is InChI=1S/C20H20ClN3OS/c1-2-3-12-25-19-7-5-4-6-16(19)13-22-24-20-23-18(14-26-20)15-8-10-17(21)11-9-15/h4-11,13-14H,2-3,12H2,1H3,(H,23,24). The average Bonchev–Trinajstić information content (AvgIpc) is 3.13. The van der Waals surface area contributed by atoms with Crippen molar-refractivity contribution in [1.82, 2.24) is 4.98 Å². The lowest BCUT2D eigenvalue weighted by atomic mass is 10.2. The third kappa shape index (κ3) is 5.07. The number of hydrogen-bond donors (Lipinski definition) is 1. The smallest absolute Gasteiger partial charge is 0.203 e. The maximum absolute atomic E-state index is 5.92. The minimum Gasteiger partial charge on any atom is -0.493 e. The minimum absolute atomic E-state index is 0.714. The Hall–Kier alpha value is -2.37. The minimum atomic E-state index is 0.714. The van der Waals surface area contributed by atoms with Crippen molar-refractivity contribution in [2.45, 2.75) is 19.8 Å². The molecule has 4 nitrogen and oxygen atoms in total. The lowest BCUT2D eigenvalue weighted by Gasteiger charge is -2.07. The Balaban J connectivity index is 1.63. The van der Waals surface area contributed by atoms with E-state index in [0.29, 0.717) is 11.6 Å². The molecule has 0 spiro atoms. The first-order chi connectivity index (χ1) is 12.8. The fourth-order valence-electron chi connectivity index (χ4n) is 2.28.